The second kappa shape index (κ2) is 5.39. The summed E-state index contributed by atoms with van der Waals surface area (Å²) in [6, 6.07) is 10.5. The van der Waals surface area contributed by atoms with Gasteiger partial charge in [0.15, 0.2) is 0 Å². The third kappa shape index (κ3) is 2.82. The standard InChI is InChI=1S/C14H15N3O2/c1-9-5-3-8-12(16-9)17-14(18)13-10(15)6-4-7-11(13)19-2/h3-8H,15H2,1-2H3,(H,16,17,18). The number of aryl methyl sites for hydroxylation is 1. The Labute approximate surface area is 111 Å². The van der Waals surface area contributed by atoms with Crippen LogP contribution in [-0.2, 0) is 0 Å². The van der Waals surface area contributed by atoms with Crippen LogP contribution in [0.4, 0.5) is 11.5 Å². The Hall–Kier alpha value is -2.56. The molecule has 2 aromatic rings. The summed E-state index contributed by atoms with van der Waals surface area (Å²) in [5.74, 6) is 0.577. The fourth-order valence-corrected chi connectivity index (χ4v) is 1.75. The Kier molecular flexibility index (Phi) is 3.66. The average molecular weight is 257 g/mol. The monoisotopic (exact) mass is 257 g/mol. The van der Waals surface area contributed by atoms with Crippen molar-refractivity contribution in [2.24, 2.45) is 0 Å². The van der Waals surface area contributed by atoms with Crippen LogP contribution in [0.15, 0.2) is 36.4 Å². The van der Waals surface area contributed by atoms with E-state index >= 15 is 0 Å². The van der Waals surface area contributed by atoms with Crippen LogP contribution >= 0.6 is 0 Å². The molecule has 0 unspecified atom stereocenters. The van der Waals surface area contributed by atoms with Crippen LogP contribution in [-0.4, -0.2) is 18.0 Å². The Morgan fingerprint density at radius 1 is 1.26 bits per heavy atom. The second-order valence-corrected chi connectivity index (χ2v) is 4.04. The molecule has 3 N–H and O–H groups in total. The average Bonchev–Trinajstić information content (AvgIpc) is 2.38. The minimum atomic E-state index is -0.340. The minimum Gasteiger partial charge on any atom is -0.496 e. The molecule has 5 nitrogen and oxygen atoms in total. The molecule has 98 valence electrons. The van der Waals surface area contributed by atoms with Crippen LogP contribution in [0.1, 0.15) is 16.1 Å². The lowest BCUT2D eigenvalue weighted by molar-refractivity contribution is 0.102. The van der Waals surface area contributed by atoms with Crippen LogP contribution in [0.3, 0.4) is 0 Å². The van der Waals surface area contributed by atoms with Crippen LogP contribution in [0.5, 0.6) is 5.75 Å². The zero-order chi connectivity index (χ0) is 13.8. The molecule has 1 aromatic carbocycles. The SMILES string of the molecule is COc1cccc(N)c1C(=O)Nc1cccc(C)n1. The van der Waals surface area contributed by atoms with Crippen molar-refractivity contribution >= 4 is 17.4 Å². The quantitative estimate of drug-likeness (QED) is 0.827. The first-order valence-electron chi connectivity index (χ1n) is 5.79. The van der Waals surface area contributed by atoms with E-state index < -0.39 is 0 Å². The highest BCUT2D eigenvalue weighted by atomic mass is 16.5. The van der Waals surface area contributed by atoms with Crippen LogP contribution < -0.4 is 15.8 Å². The molecule has 0 fully saturated rings. The normalized spacial score (nSPS) is 10.0. The summed E-state index contributed by atoms with van der Waals surface area (Å²) < 4.78 is 5.15. The zero-order valence-electron chi connectivity index (χ0n) is 10.8. The number of rotatable bonds is 3. The summed E-state index contributed by atoms with van der Waals surface area (Å²) in [4.78, 5) is 16.4. The van der Waals surface area contributed by atoms with Crippen molar-refractivity contribution in [2.45, 2.75) is 6.92 Å². The molecule has 1 amide bonds. The van der Waals surface area contributed by atoms with E-state index in [0.717, 1.165) is 5.69 Å². The van der Waals surface area contributed by atoms with Crippen molar-refractivity contribution in [1.82, 2.24) is 4.98 Å². The van der Waals surface area contributed by atoms with Crippen molar-refractivity contribution in [3.05, 3.63) is 47.7 Å². The predicted molar refractivity (Wildman–Crippen MR) is 74.3 cm³/mol. The summed E-state index contributed by atoms with van der Waals surface area (Å²) in [6.07, 6.45) is 0. The number of pyridine rings is 1. The van der Waals surface area contributed by atoms with Crippen molar-refractivity contribution in [2.75, 3.05) is 18.2 Å². The largest absolute Gasteiger partial charge is 0.496 e. The van der Waals surface area contributed by atoms with E-state index in [1.165, 1.54) is 7.11 Å². The van der Waals surface area contributed by atoms with E-state index in [-0.39, 0.29) is 5.91 Å². The molecule has 0 saturated carbocycles. The lowest BCUT2D eigenvalue weighted by Gasteiger charge is -2.11. The van der Waals surface area contributed by atoms with Gasteiger partial charge in [-0.05, 0) is 31.2 Å². The number of aromatic nitrogens is 1. The molecule has 0 aliphatic rings. The third-order valence-corrected chi connectivity index (χ3v) is 2.64. The Balaban J connectivity index is 2.30. The van der Waals surface area contributed by atoms with Gasteiger partial charge in [0.25, 0.3) is 5.91 Å². The number of anilines is 2. The lowest BCUT2D eigenvalue weighted by atomic mass is 10.1. The number of methoxy groups -OCH3 is 1. The molecule has 0 aliphatic heterocycles. The fourth-order valence-electron chi connectivity index (χ4n) is 1.75. The van der Waals surface area contributed by atoms with Gasteiger partial charge in [-0.15, -0.1) is 0 Å². The molecule has 19 heavy (non-hydrogen) atoms. The maximum Gasteiger partial charge on any atom is 0.262 e. The summed E-state index contributed by atoms with van der Waals surface area (Å²) in [7, 11) is 1.50. The molecule has 0 saturated heterocycles. The molecular weight excluding hydrogens is 242 g/mol. The number of nitrogens with one attached hydrogen (secondary N) is 1. The summed E-state index contributed by atoms with van der Waals surface area (Å²) >= 11 is 0. The van der Waals surface area contributed by atoms with Crippen LogP contribution in [0.2, 0.25) is 0 Å². The molecule has 1 aromatic heterocycles. The Morgan fingerprint density at radius 2 is 2.00 bits per heavy atom. The maximum absolute atomic E-state index is 12.2. The first-order chi connectivity index (χ1) is 9.11. The number of hydrogen-bond donors (Lipinski definition) is 2. The van der Waals surface area contributed by atoms with E-state index in [4.69, 9.17) is 10.5 Å². The summed E-state index contributed by atoms with van der Waals surface area (Å²) in [5.41, 5.74) is 7.32. The van der Waals surface area contributed by atoms with Gasteiger partial charge in [0, 0.05) is 11.4 Å². The number of ether oxygens (including phenoxy) is 1. The molecule has 2 rings (SSSR count). The van der Waals surface area contributed by atoms with E-state index in [2.05, 4.69) is 10.3 Å². The number of hydrogen-bond acceptors (Lipinski definition) is 4. The second-order valence-electron chi connectivity index (χ2n) is 4.04. The van der Waals surface area contributed by atoms with E-state index in [1.54, 1.807) is 24.3 Å². The van der Waals surface area contributed by atoms with Gasteiger partial charge in [0.05, 0.1) is 7.11 Å². The molecule has 0 spiro atoms. The van der Waals surface area contributed by atoms with Gasteiger partial charge >= 0.3 is 0 Å². The van der Waals surface area contributed by atoms with E-state index in [9.17, 15) is 4.79 Å². The molecule has 0 atom stereocenters. The topological polar surface area (TPSA) is 77.2 Å². The third-order valence-electron chi connectivity index (χ3n) is 2.64. The molecule has 0 aliphatic carbocycles. The number of benzene rings is 1. The van der Waals surface area contributed by atoms with Crippen molar-refractivity contribution in [3.63, 3.8) is 0 Å². The van der Waals surface area contributed by atoms with Gasteiger partial charge in [0.1, 0.15) is 17.1 Å². The molecule has 1 heterocycles. The summed E-state index contributed by atoms with van der Waals surface area (Å²) in [6.45, 7) is 1.85. The zero-order valence-corrected chi connectivity index (χ0v) is 10.8. The number of carbonyl (C=O) groups excluding carboxylic acids is 1. The number of nitrogens with two attached hydrogens (primary N) is 1. The molecule has 0 bridgehead atoms. The number of nitrogen functional groups attached to an aromatic ring is 1. The van der Waals surface area contributed by atoms with Gasteiger partial charge in [-0.3, -0.25) is 4.79 Å². The van der Waals surface area contributed by atoms with Gasteiger partial charge in [0.2, 0.25) is 0 Å². The van der Waals surface area contributed by atoms with Crippen LogP contribution in [0.25, 0.3) is 0 Å². The van der Waals surface area contributed by atoms with Gasteiger partial charge in [-0.2, -0.15) is 0 Å². The van der Waals surface area contributed by atoms with Crippen LogP contribution in [0, 0.1) is 6.92 Å². The summed E-state index contributed by atoms with van der Waals surface area (Å²) in [5, 5.41) is 2.70. The number of carbonyl (C=O) groups is 1. The highest BCUT2D eigenvalue weighted by Gasteiger charge is 2.16. The van der Waals surface area contributed by atoms with E-state index in [1.807, 2.05) is 19.1 Å². The van der Waals surface area contributed by atoms with Crippen molar-refractivity contribution < 1.29 is 9.53 Å². The Morgan fingerprint density at radius 3 is 2.68 bits per heavy atom. The number of amides is 1. The molecular formula is C14H15N3O2. The smallest absolute Gasteiger partial charge is 0.262 e. The minimum absolute atomic E-state index is 0.313. The predicted octanol–water partition coefficient (Wildman–Crippen LogP) is 2.23. The maximum atomic E-state index is 12.2. The molecule has 0 radical (unpaired) electrons. The number of nitrogens with zero attached hydrogens (tertiary/aromatic N) is 1. The van der Waals surface area contributed by atoms with Gasteiger partial charge < -0.3 is 15.8 Å². The first kappa shape index (κ1) is 12.9. The lowest BCUT2D eigenvalue weighted by Crippen LogP contribution is -2.16. The Bertz CT molecular complexity index is 611. The van der Waals surface area contributed by atoms with Crippen molar-refractivity contribution in [1.29, 1.82) is 0 Å². The fraction of sp³-hybridized carbons (Fsp3) is 0.143. The van der Waals surface area contributed by atoms with Crippen molar-refractivity contribution in [3.8, 4) is 5.75 Å². The van der Waals surface area contributed by atoms with E-state index in [0.29, 0.717) is 22.8 Å². The van der Waals surface area contributed by atoms with Gasteiger partial charge in [-0.25, -0.2) is 4.98 Å². The molecule has 5 heteroatoms. The highest BCUT2D eigenvalue weighted by Crippen LogP contribution is 2.24. The first-order valence-corrected chi connectivity index (χ1v) is 5.79. The van der Waals surface area contributed by atoms with Gasteiger partial charge in [-0.1, -0.05) is 12.1 Å². The highest BCUT2D eigenvalue weighted by molar-refractivity contribution is 6.09.